The molecule has 144 valence electrons. The molecule has 0 saturated heterocycles. The molecule has 2 aromatic carbocycles. The van der Waals surface area contributed by atoms with E-state index >= 15 is 0 Å². The summed E-state index contributed by atoms with van der Waals surface area (Å²) in [6, 6.07) is 8.24. The van der Waals surface area contributed by atoms with Gasteiger partial charge in [-0.2, -0.15) is 0 Å². The van der Waals surface area contributed by atoms with Gasteiger partial charge in [0.1, 0.15) is 5.82 Å². The molecule has 0 aliphatic heterocycles. The second-order valence-electron chi connectivity index (χ2n) is 5.38. The highest BCUT2D eigenvalue weighted by molar-refractivity contribution is 6.32. The highest BCUT2D eigenvalue weighted by Gasteiger charge is 2.19. The van der Waals surface area contributed by atoms with E-state index in [2.05, 4.69) is 0 Å². The SMILES string of the molecule is CCN(C(=O)COC(=O)c1cc(Cl)c(OC)c(OC)c1)c1ccc(F)cc1. The van der Waals surface area contributed by atoms with Gasteiger partial charge in [-0.1, -0.05) is 11.6 Å². The van der Waals surface area contributed by atoms with Crippen LogP contribution in [0.5, 0.6) is 11.5 Å². The summed E-state index contributed by atoms with van der Waals surface area (Å²) in [6.45, 7) is 1.62. The molecule has 0 fully saturated rings. The Bertz CT molecular complexity index is 826. The number of halogens is 2. The normalized spacial score (nSPS) is 10.3. The molecule has 2 aromatic rings. The van der Waals surface area contributed by atoms with Crippen LogP contribution in [-0.4, -0.2) is 39.2 Å². The Hall–Kier alpha value is -2.80. The molecular formula is C19H19ClFNO5. The van der Waals surface area contributed by atoms with Crippen molar-refractivity contribution in [3.05, 3.63) is 52.8 Å². The zero-order valence-electron chi connectivity index (χ0n) is 15.1. The Kier molecular flexibility index (Phi) is 7.01. The molecule has 0 radical (unpaired) electrons. The second-order valence-corrected chi connectivity index (χ2v) is 5.79. The number of anilines is 1. The van der Waals surface area contributed by atoms with Crippen molar-refractivity contribution >= 4 is 29.2 Å². The van der Waals surface area contributed by atoms with E-state index < -0.39 is 24.3 Å². The molecule has 2 rings (SSSR count). The molecule has 1 amide bonds. The first kappa shape index (κ1) is 20.5. The van der Waals surface area contributed by atoms with Crippen LogP contribution >= 0.6 is 11.6 Å². The minimum absolute atomic E-state index is 0.121. The molecule has 0 unspecified atom stereocenters. The Morgan fingerprint density at radius 1 is 1.11 bits per heavy atom. The maximum atomic E-state index is 13.0. The molecule has 27 heavy (non-hydrogen) atoms. The molecule has 0 atom stereocenters. The summed E-state index contributed by atoms with van der Waals surface area (Å²) in [5, 5.41) is 0.177. The molecular weight excluding hydrogens is 377 g/mol. The van der Waals surface area contributed by atoms with Gasteiger partial charge in [-0.3, -0.25) is 4.79 Å². The van der Waals surface area contributed by atoms with E-state index in [1.807, 2.05) is 0 Å². The van der Waals surface area contributed by atoms with Gasteiger partial charge in [-0.15, -0.1) is 0 Å². The number of benzene rings is 2. The second kappa shape index (κ2) is 9.23. The number of carbonyl (C=O) groups is 2. The van der Waals surface area contributed by atoms with Crippen LogP contribution in [-0.2, 0) is 9.53 Å². The van der Waals surface area contributed by atoms with Gasteiger partial charge in [0, 0.05) is 12.2 Å². The van der Waals surface area contributed by atoms with Crippen LogP contribution in [0.4, 0.5) is 10.1 Å². The van der Waals surface area contributed by atoms with E-state index in [1.54, 1.807) is 6.92 Å². The average molecular weight is 396 g/mol. The molecule has 6 nitrogen and oxygen atoms in total. The van der Waals surface area contributed by atoms with Crippen molar-refractivity contribution in [3.63, 3.8) is 0 Å². The van der Waals surface area contributed by atoms with E-state index in [0.29, 0.717) is 18.0 Å². The predicted molar refractivity (Wildman–Crippen MR) is 99.3 cm³/mol. The molecule has 0 bridgehead atoms. The highest BCUT2D eigenvalue weighted by atomic mass is 35.5. The summed E-state index contributed by atoms with van der Waals surface area (Å²) in [5.41, 5.74) is 0.629. The third kappa shape index (κ3) is 4.89. The van der Waals surface area contributed by atoms with Gasteiger partial charge in [-0.05, 0) is 43.3 Å². The van der Waals surface area contributed by atoms with E-state index in [1.165, 1.54) is 55.5 Å². The Labute approximate surface area is 161 Å². The number of hydrogen-bond donors (Lipinski definition) is 0. The van der Waals surface area contributed by atoms with E-state index in [9.17, 15) is 14.0 Å². The number of ether oxygens (including phenoxy) is 3. The Morgan fingerprint density at radius 3 is 2.33 bits per heavy atom. The molecule has 8 heteroatoms. The van der Waals surface area contributed by atoms with Crippen molar-refractivity contribution in [2.24, 2.45) is 0 Å². The van der Waals surface area contributed by atoms with Gasteiger partial charge >= 0.3 is 5.97 Å². The van der Waals surface area contributed by atoms with Crippen LogP contribution in [0, 0.1) is 5.82 Å². The maximum absolute atomic E-state index is 13.0. The number of nitrogens with zero attached hydrogens (tertiary/aromatic N) is 1. The Balaban J connectivity index is 2.09. The van der Waals surface area contributed by atoms with Crippen molar-refractivity contribution in [3.8, 4) is 11.5 Å². The maximum Gasteiger partial charge on any atom is 0.338 e. The largest absolute Gasteiger partial charge is 0.493 e. The number of rotatable bonds is 7. The standard InChI is InChI=1S/C19H19ClFNO5/c1-4-22(14-7-5-13(21)6-8-14)17(23)11-27-19(24)12-9-15(20)18(26-3)16(10-12)25-2/h5-10H,4,11H2,1-3H3. The van der Waals surface area contributed by atoms with Crippen LogP contribution in [0.25, 0.3) is 0 Å². The highest BCUT2D eigenvalue weighted by Crippen LogP contribution is 2.36. The van der Waals surface area contributed by atoms with Crippen LogP contribution < -0.4 is 14.4 Å². The Morgan fingerprint density at radius 2 is 1.78 bits per heavy atom. The molecule has 0 aliphatic carbocycles. The lowest BCUT2D eigenvalue weighted by molar-refractivity contribution is -0.121. The third-order valence-corrected chi connectivity index (χ3v) is 4.03. The predicted octanol–water partition coefficient (Wildman–Crippen LogP) is 3.71. The number of esters is 1. The number of methoxy groups -OCH3 is 2. The van der Waals surface area contributed by atoms with Gasteiger partial charge in [0.05, 0.1) is 24.8 Å². The number of hydrogen-bond acceptors (Lipinski definition) is 5. The zero-order valence-corrected chi connectivity index (χ0v) is 15.9. The van der Waals surface area contributed by atoms with Crippen molar-refractivity contribution in [1.29, 1.82) is 0 Å². The molecule has 0 spiro atoms. The first-order chi connectivity index (χ1) is 12.9. The van der Waals surface area contributed by atoms with Gasteiger partial charge in [0.15, 0.2) is 18.1 Å². The lowest BCUT2D eigenvalue weighted by atomic mass is 10.2. The van der Waals surface area contributed by atoms with Crippen LogP contribution in [0.1, 0.15) is 17.3 Å². The van der Waals surface area contributed by atoms with Crippen LogP contribution in [0.3, 0.4) is 0 Å². The van der Waals surface area contributed by atoms with Gasteiger partial charge < -0.3 is 19.1 Å². The van der Waals surface area contributed by atoms with Crippen molar-refractivity contribution in [2.75, 3.05) is 32.3 Å². The first-order valence-corrected chi connectivity index (χ1v) is 8.43. The minimum Gasteiger partial charge on any atom is -0.493 e. The minimum atomic E-state index is -0.735. The van der Waals surface area contributed by atoms with Crippen molar-refractivity contribution < 1.29 is 28.2 Å². The number of likely N-dealkylation sites (N-methyl/N-ethyl adjacent to an activating group) is 1. The quantitative estimate of drug-likeness (QED) is 0.669. The monoisotopic (exact) mass is 395 g/mol. The smallest absolute Gasteiger partial charge is 0.338 e. The van der Waals surface area contributed by atoms with Gasteiger partial charge in [-0.25, -0.2) is 9.18 Å². The summed E-state index contributed by atoms with van der Waals surface area (Å²) >= 11 is 6.07. The van der Waals surface area contributed by atoms with Gasteiger partial charge in [0.2, 0.25) is 0 Å². The summed E-state index contributed by atoms with van der Waals surface area (Å²) in [6.07, 6.45) is 0. The molecule has 0 heterocycles. The zero-order chi connectivity index (χ0) is 20.0. The van der Waals surface area contributed by atoms with E-state index in [0.717, 1.165) is 0 Å². The summed E-state index contributed by atoms with van der Waals surface area (Å²) in [5.74, 6) is -1.02. The number of amides is 1. The van der Waals surface area contributed by atoms with Crippen LogP contribution in [0.2, 0.25) is 5.02 Å². The first-order valence-electron chi connectivity index (χ1n) is 8.05. The molecule has 0 aromatic heterocycles. The fourth-order valence-corrected chi connectivity index (χ4v) is 2.74. The summed E-state index contributed by atoms with van der Waals surface area (Å²) in [7, 11) is 2.84. The molecule has 0 aliphatic rings. The molecule has 0 N–H and O–H groups in total. The third-order valence-electron chi connectivity index (χ3n) is 3.75. The van der Waals surface area contributed by atoms with Crippen molar-refractivity contribution in [1.82, 2.24) is 0 Å². The fraction of sp³-hybridized carbons (Fsp3) is 0.263. The summed E-state index contributed by atoms with van der Waals surface area (Å²) in [4.78, 5) is 26.0. The van der Waals surface area contributed by atoms with Crippen molar-refractivity contribution in [2.45, 2.75) is 6.92 Å². The topological polar surface area (TPSA) is 65.1 Å². The van der Waals surface area contributed by atoms with Crippen LogP contribution in [0.15, 0.2) is 36.4 Å². The van der Waals surface area contributed by atoms with Gasteiger partial charge in [0.25, 0.3) is 5.91 Å². The van der Waals surface area contributed by atoms with E-state index in [-0.39, 0.29) is 16.3 Å². The molecule has 0 saturated carbocycles. The lowest BCUT2D eigenvalue weighted by Crippen LogP contribution is -2.34. The lowest BCUT2D eigenvalue weighted by Gasteiger charge is -2.21. The average Bonchev–Trinajstić information content (AvgIpc) is 2.67. The van der Waals surface area contributed by atoms with E-state index in [4.69, 9.17) is 25.8 Å². The number of carbonyl (C=O) groups excluding carboxylic acids is 2. The fourth-order valence-electron chi connectivity index (χ4n) is 2.45. The summed E-state index contributed by atoms with van der Waals surface area (Å²) < 4.78 is 28.4.